The molecule has 21 heavy (non-hydrogen) atoms. The van der Waals surface area contributed by atoms with E-state index < -0.39 is 0 Å². The summed E-state index contributed by atoms with van der Waals surface area (Å²) in [5.41, 5.74) is 0.767. The van der Waals surface area contributed by atoms with E-state index in [-0.39, 0.29) is 5.91 Å². The van der Waals surface area contributed by atoms with E-state index in [1.807, 2.05) is 41.3 Å². The van der Waals surface area contributed by atoms with Crippen LogP contribution in [-0.2, 0) is 0 Å². The Morgan fingerprint density at radius 1 is 1.05 bits per heavy atom. The molecule has 2 aromatic carbocycles. The molecule has 108 valence electrons. The fourth-order valence-electron chi connectivity index (χ4n) is 3.65. The molecule has 0 unspecified atom stereocenters. The van der Waals surface area contributed by atoms with Gasteiger partial charge in [-0.2, -0.15) is 0 Å². The van der Waals surface area contributed by atoms with Gasteiger partial charge < -0.3 is 10.2 Å². The van der Waals surface area contributed by atoms with E-state index in [9.17, 15) is 4.79 Å². The maximum atomic E-state index is 12.9. The summed E-state index contributed by atoms with van der Waals surface area (Å²) >= 11 is 6.24. The van der Waals surface area contributed by atoms with Gasteiger partial charge in [0.2, 0.25) is 0 Å². The summed E-state index contributed by atoms with van der Waals surface area (Å²) in [4.78, 5) is 14.9. The van der Waals surface area contributed by atoms with Gasteiger partial charge in [-0.05, 0) is 29.4 Å². The molecule has 2 saturated heterocycles. The van der Waals surface area contributed by atoms with Gasteiger partial charge in [0.1, 0.15) is 0 Å². The zero-order chi connectivity index (χ0) is 14.4. The van der Waals surface area contributed by atoms with E-state index in [1.54, 1.807) is 0 Å². The minimum atomic E-state index is 0.136. The highest BCUT2D eigenvalue weighted by Crippen LogP contribution is 2.30. The van der Waals surface area contributed by atoms with Crippen molar-refractivity contribution in [3.63, 3.8) is 0 Å². The lowest BCUT2D eigenvalue weighted by Gasteiger charge is -2.18. The van der Waals surface area contributed by atoms with Gasteiger partial charge in [-0.25, -0.2) is 0 Å². The Hall–Kier alpha value is -1.58. The fourth-order valence-corrected chi connectivity index (χ4v) is 3.89. The van der Waals surface area contributed by atoms with E-state index in [1.165, 1.54) is 0 Å². The highest BCUT2D eigenvalue weighted by Gasteiger charge is 2.38. The number of hydrogen-bond donors (Lipinski definition) is 1. The van der Waals surface area contributed by atoms with Crippen molar-refractivity contribution in [1.29, 1.82) is 0 Å². The third kappa shape index (κ3) is 2.12. The van der Waals surface area contributed by atoms with Crippen molar-refractivity contribution in [2.45, 2.75) is 0 Å². The number of likely N-dealkylation sites (tertiary alicyclic amines) is 1. The minimum Gasteiger partial charge on any atom is -0.338 e. The summed E-state index contributed by atoms with van der Waals surface area (Å²) in [6.07, 6.45) is 0. The lowest BCUT2D eigenvalue weighted by atomic mass is 10.0. The van der Waals surface area contributed by atoms with E-state index in [0.717, 1.165) is 42.5 Å². The van der Waals surface area contributed by atoms with E-state index in [2.05, 4.69) is 5.32 Å². The fraction of sp³-hybridized carbons (Fsp3) is 0.353. The Labute approximate surface area is 128 Å². The average molecular weight is 301 g/mol. The van der Waals surface area contributed by atoms with Crippen LogP contribution in [0.4, 0.5) is 0 Å². The summed E-state index contributed by atoms with van der Waals surface area (Å²) in [6, 6.07) is 11.5. The molecule has 0 aromatic heterocycles. The predicted molar refractivity (Wildman–Crippen MR) is 84.7 cm³/mol. The van der Waals surface area contributed by atoms with Crippen LogP contribution in [0.25, 0.3) is 10.8 Å². The molecule has 1 N–H and O–H groups in total. The first-order valence-electron chi connectivity index (χ1n) is 7.41. The van der Waals surface area contributed by atoms with Crippen LogP contribution in [0.15, 0.2) is 36.4 Å². The van der Waals surface area contributed by atoms with Gasteiger partial charge in [-0.3, -0.25) is 4.79 Å². The molecule has 2 aliphatic heterocycles. The second kappa shape index (κ2) is 5.00. The molecule has 2 atom stereocenters. The number of rotatable bonds is 1. The van der Waals surface area contributed by atoms with Crippen LogP contribution < -0.4 is 5.32 Å². The first-order chi connectivity index (χ1) is 10.2. The Balaban J connectivity index is 1.70. The molecule has 0 radical (unpaired) electrons. The Bertz CT molecular complexity index is 703. The zero-order valence-electron chi connectivity index (χ0n) is 11.7. The maximum absolute atomic E-state index is 12.9. The normalized spacial score (nSPS) is 24.5. The molecule has 2 heterocycles. The lowest BCUT2D eigenvalue weighted by Crippen LogP contribution is -2.31. The topological polar surface area (TPSA) is 32.3 Å². The second-order valence-electron chi connectivity index (χ2n) is 6.03. The van der Waals surface area contributed by atoms with Gasteiger partial charge in [0, 0.05) is 42.2 Å². The number of halogens is 1. The molecule has 0 saturated carbocycles. The van der Waals surface area contributed by atoms with Crippen molar-refractivity contribution in [3.05, 3.63) is 47.0 Å². The summed E-state index contributed by atoms with van der Waals surface area (Å²) in [5, 5.41) is 6.00. The quantitative estimate of drug-likeness (QED) is 0.878. The van der Waals surface area contributed by atoms with Gasteiger partial charge in [-0.15, -0.1) is 0 Å². The lowest BCUT2D eigenvalue weighted by molar-refractivity contribution is 0.0783. The van der Waals surface area contributed by atoms with Crippen LogP contribution in [0.5, 0.6) is 0 Å². The van der Waals surface area contributed by atoms with Crippen molar-refractivity contribution < 1.29 is 4.79 Å². The van der Waals surface area contributed by atoms with Crippen molar-refractivity contribution in [2.75, 3.05) is 26.2 Å². The Morgan fingerprint density at radius 2 is 1.71 bits per heavy atom. The second-order valence-corrected chi connectivity index (χ2v) is 6.44. The third-order valence-corrected chi connectivity index (χ3v) is 5.11. The number of amides is 1. The Kier molecular flexibility index (Phi) is 3.12. The van der Waals surface area contributed by atoms with Crippen molar-refractivity contribution in [2.24, 2.45) is 11.8 Å². The molecule has 0 aliphatic carbocycles. The maximum Gasteiger partial charge on any atom is 0.254 e. The molecule has 3 nitrogen and oxygen atoms in total. The average Bonchev–Trinajstić information content (AvgIpc) is 3.08. The van der Waals surface area contributed by atoms with E-state index in [4.69, 9.17) is 11.6 Å². The molecule has 0 spiro atoms. The van der Waals surface area contributed by atoms with Crippen molar-refractivity contribution in [3.8, 4) is 0 Å². The van der Waals surface area contributed by atoms with Crippen LogP contribution in [0.2, 0.25) is 5.02 Å². The number of nitrogens with zero attached hydrogens (tertiary/aromatic N) is 1. The SMILES string of the molecule is O=C(c1cccc2c(Cl)cccc12)N1C[C@H]2CNC[C@H]2C1. The largest absolute Gasteiger partial charge is 0.338 e. The van der Waals surface area contributed by atoms with Crippen LogP contribution in [0.3, 0.4) is 0 Å². The van der Waals surface area contributed by atoms with Gasteiger partial charge in [0.05, 0.1) is 0 Å². The van der Waals surface area contributed by atoms with Crippen molar-refractivity contribution >= 4 is 28.3 Å². The number of hydrogen-bond acceptors (Lipinski definition) is 2. The predicted octanol–water partition coefficient (Wildman–Crippen LogP) is 2.78. The molecule has 0 bridgehead atoms. The van der Waals surface area contributed by atoms with Gasteiger partial charge in [-0.1, -0.05) is 35.9 Å². The van der Waals surface area contributed by atoms with Crippen LogP contribution in [-0.4, -0.2) is 37.0 Å². The molecule has 2 fully saturated rings. The molecule has 2 aliphatic rings. The monoisotopic (exact) mass is 300 g/mol. The number of benzene rings is 2. The zero-order valence-corrected chi connectivity index (χ0v) is 12.4. The first kappa shape index (κ1) is 13.1. The summed E-state index contributed by atoms with van der Waals surface area (Å²) < 4.78 is 0. The minimum absolute atomic E-state index is 0.136. The van der Waals surface area contributed by atoms with Crippen molar-refractivity contribution in [1.82, 2.24) is 10.2 Å². The number of carbonyl (C=O) groups is 1. The molecule has 4 rings (SSSR count). The van der Waals surface area contributed by atoms with Crippen LogP contribution >= 0.6 is 11.6 Å². The molecule has 1 amide bonds. The highest BCUT2D eigenvalue weighted by molar-refractivity contribution is 6.36. The summed E-state index contributed by atoms with van der Waals surface area (Å²) in [7, 11) is 0. The van der Waals surface area contributed by atoms with Gasteiger partial charge in [0.25, 0.3) is 5.91 Å². The molecule has 4 heteroatoms. The van der Waals surface area contributed by atoms with Crippen LogP contribution in [0, 0.1) is 11.8 Å². The van der Waals surface area contributed by atoms with Gasteiger partial charge >= 0.3 is 0 Å². The molecular formula is C17H17ClN2O. The number of carbonyl (C=O) groups excluding carboxylic acids is 1. The van der Waals surface area contributed by atoms with E-state index in [0.29, 0.717) is 16.9 Å². The highest BCUT2D eigenvalue weighted by atomic mass is 35.5. The summed E-state index contributed by atoms with van der Waals surface area (Å²) in [6.45, 7) is 3.81. The standard InChI is InChI=1S/C17H17ClN2O/c18-16-6-2-3-13-14(16)4-1-5-15(13)17(21)20-9-11-7-19-8-12(11)10-20/h1-6,11-12,19H,7-10H2/t11-,12+. The number of nitrogens with one attached hydrogen (secondary N) is 1. The summed E-state index contributed by atoms with van der Waals surface area (Å²) in [5.74, 6) is 1.37. The first-order valence-corrected chi connectivity index (χ1v) is 7.79. The molecular weight excluding hydrogens is 284 g/mol. The van der Waals surface area contributed by atoms with Crippen LogP contribution in [0.1, 0.15) is 10.4 Å². The Morgan fingerprint density at radius 3 is 2.48 bits per heavy atom. The smallest absolute Gasteiger partial charge is 0.254 e. The van der Waals surface area contributed by atoms with Gasteiger partial charge in [0.15, 0.2) is 0 Å². The molecule has 2 aromatic rings. The third-order valence-electron chi connectivity index (χ3n) is 4.78. The van der Waals surface area contributed by atoms with E-state index >= 15 is 0 Å². The number of fused-ring (bicyclic) bond motifs is 2.